The van der Waals surface area contributed by atoms with E-state index < -0.39 is 11.9 Å². The maximum absolute atomic E-state index is 12.9. The van der Waals surface area contributed by atoms with Crippen molar-refractivity contribution in [2.75, 3.05) is 0 Å². The van der Waals surface area contributed by atoms with Gasteiger partial charge in [0.2, 0.25) is 0 Å². The predicted octanol–water partition coefficient (Wildman–Crippen LogP) is 2.40. The average molecular weight is 194 g/mol. The topological polar surface area (TPSA) is 37.3 Å². The highest BCUT2D eigenvalue weighted by molar-refractivity contribution is 5.77. The van der Waals surface area contributed by atoms with Gasteiger partial charge < -0.3 is 5.11 Å². The molecule has 0 saturated heterocycles. The van der Waals surface area contributed by atoms with Crippen molar-refractivity contribution in [3.8, 4) is 0 Å². The van der Waals surface area contributed by atoms with Crippen LogP contribution in [-0.4, -0.2) is 11.1 Å². The smallest absolute Gasteiger partial charge is 0.311 e. The van der Waals surface area contributed by atoms with Crippen LogP contribution in [0.5, 0.6) is 0 Å². The van der Waals surface area contributed by atoms with Crippen molar-refractivity contribution >= 4 is 5.97 Å². The second kappa shape index (κ2) is 3.40. The first-order chi connectivity index (χ1) is 6.68. The predicted molar refractivity (Wildman–Crippen MR) is 49.5 cm³/mol. The number of hydrogen-bond acceptors (Lipinski definition) is 1. The van der Waals surface area contributed by atoms with Crippen LogP contribution >= 0.6 is 0 Å². The monoisotopic (exact) mass is 194 g/mol. The van der Waals surface area contributed by atoms with Gasteiger partial charge in [-0.3, -0.25) is 4.79 Å². The fourth-order valence-corrected chi connectivity index (χ4v) is 1.75. The highest BCUT2D eigenvalue weighted by Crippen LogP contribution is 2.42. The minimum Gasteiger partial charge on any atom is -0.481 e. The molecule has 0 heterocycles. The third-order valence-electron chi connectivity index (χ3n) is 2.57. The number of hydrogen-bond donors (Lipinski definition) is 1. The van der Waals surface area contributed by atoms with Crippen LogP contribution in [0.2, 0.25) is 0 Å². The van der Waals surface area contributed by atoms with Crippen LogP contribution in [0.15, 0.2) is 24.3 Å². The number of carboxylic acids is 1. The largest absolute Gasteiger partial charge is 0.481 e. The summed E-state index contributed by atoms with van der Waals surface area (Å²) in [5.74, 6) is -1.53. The first-order valence-corrected chi connectivity index (χ1v) is 4.67. The normalized spacial score (nSPS) is 17.8. The van der Waals surface area contributed by atoms with Gasteiger partial charge in [0.1, 0.15) is 5.82 Å². The van der Waals surface area contributed by atoms with Crippen molar-refractivity contribution in [1.29, 1.82) is 0 Å². The number of carboxylic acid groups (broad SMARTS) is 1. The molecular weight excluding hydrogens is 183 g/mol. The lowest BCUT2D eigenvalue weighted by molar-refractivity contribution is -0.139. The summed E-state index contributed by atoms with van der Waals surface area (Å²) in [7, 11) is 0. The van der Waals surface area contributed by atoms with E-state index in [1.165, 1.54) is 12.1 Å². The number of carbonyl (C=O) groups is 1. The van der Waals surface area contributed by atoms with Gasteiger partial charge in [0, 0.05) is 0 Å². The quantitative estimate of drug-likeness (QED) is 0.802. The Labute approximate surface area is 81.4 Å². The molecule has 1 aromatic carbocycles. The summed E-state index contributed by atoms with van der Waals surface area (Å²) < 4.78 is 12.9. The van der Waals surface area contributed by atoms with Gasteiger partial charge in [0.15, 0.2) is 0 Å². The molecule has 0 bridgehead atoms. The van der Waals surface area contributed by atoms with Crippen LogP contribution in [0.3, 0.4) is 0 Å². The highest BCUT2D eigenvalue weighted by atomic mass is 19.1. The summed E-state index contributed by atoms with van der Waals surface area (Å²) in [5, 5.41) is 9.01. The van der Waals surface area contributed by atoms with Gasteiger partial charge in [0.25, 0.3) is 0 Å². The number of halogens is 1. The van der Waals surface area contributed by atoms with Gasteiger partial charge in [-0.2, -0.15) is 0 Å². The molecule has 1 aromatic rings. The van der Waals surface area contributed by atoms with E-state index in [4.69, 9.17) is 5.11 Å². The van der Waals surface area contributed by atoms with Crippen LogP contribution in [0, 0.1) is 11.7 Å². The molecular formula is C11H11FO2. The summed E-state index contributed by atoms with van der Waals surface area (Å²) in [5.41, 5.74) is 0.583. The van der Waals surface area contributed by atoms with Crippen molar-refractivity contribution in [3.63, 3.8) is 0 Å². The van der Waals surface area contributed by atoms with E-state index in [1.807, 2.05) is 0 Å². The molecule has 2 nitrogen and oxygen atoms in total. The summed E-state index contributed by atoms with van der Waals surface area (Å²) in [4.78, 5) is 11.0. The molecule has 0 amide bonds. The van der Waals surface area contributed by atoms with E-state index >= 15 is 0 Å². The Balaban J connectivity index is 2.30. The molecule has 74 valence electrons. The molecule has 0 spiro atoms. The van der Waals surface area contributed by atoms with E-state index in [0.29, 0.717) is 5.56 Å². The summed E-state index contributed by atoms with van der Waals surface area (Å²) >= 11 is 0. The van der Waals surface area contributed by atoms with Gasteiger partial charge in [-0.05, 0) is 36.5 Å². The van der Waals surface area contributed by atoms with E-state index in [0.717, 1.165) is 12.8 Å². The van der Waals surface area contributed by atoms with E-state index in [2.05, 4.69) is 0 Å². The number of aliphatic carboxylic acids is 1. The third kappa shape index (κ3) is 1.76. The molecule has 2 rings (SSSR count). The van der Waals surface area contributed by atoms with Crippen molar-refractivity contribution in [3.05, 3.63) is 35.6 Å². The summed E-state index contributed by atoms with van der Waals surface area (Å²) in [6.45, 7) is 0. The lowest BCUT2D eigenvalue weighted by Crippen LogP contribution is -2.13. The van der Waals surface area contributed by atoms with Crippen molar-refractivity contribution in [2.45, 2.75) is 18.8 Å². The second-order valence-corrected chi connectivity index (χ2v) is 3.71. The molecule has 0 radical (unpaired) electrons. The molecule has 0 aromatic heterocycles. The van der Waals surface area contributed by atoms with Crippen molar-refractivity contribution in [2.24, 2.45) is 5.92 Å². The van der Waals surface area contributed by atoms with Gasteiger partial charge in [-0.1, -0.05) is 12.1 Å². The van der Waals surface area contributed by atoms with Crippen LogP contribution in [-0.2, 0) is 4.79 Å². The van der Waals surface area contributed by atoms with Crippen molar-refractivity contribution in [1.82, 2.24) is 0 Å². The molecule has 3 heteroatoms. The molecule has 1 N–H and O–H groups in total. The first kappa shape index (κ1) is 9.19. The SMILES string of the molecule is O=C(O)C(c1cccc(F)c1)C1CC1. The molecule has 0 aliphatic heterocycles. The first-order valence-electron chi connectivity index (χ1n) is 4.67. The molecule has 1 fully saturated rings. The van der Waals surface area contributed by atoms with E-state index in [-0.39, 0.29) is 11.7 Å². The Kier molecular flexibility index (Phi) is 2.23. The second-order valence-electron chi connectivity index (χ2n) is 3.71. The Hall–Kier alpha value is -1.38. The Morgan fingerprint density at radius 2 is 2.21 bits per heavy atom. The maximum Gasteiger partial charge on any atom is 0.311 e. The Morgan fingerprint density at radius 3 is 2.71 bits per heavy atom. The Morgan fingerprint density at radius 1 is 1.50 bits per heavy atom. The van der Waals surface area contributed by atoms with Crippen molar-refractivity contribution < 1.29 is 14.3 Å². The average Bonchev–Trinajstić information content (AvgIpc) is 2.88. The standard InChI is InChI=1S/C11H11FO2/c12-9-3-1-2-8(6-9)10(11(13)14)7-4-5-7/h1-3,6-7,10H,4-5H2,(H,13,14). The lowest BCUT2D eigenvalue weighted by atomic mass is 9.94. The lowest BCUT2D eigenvalue weighted by Gasteiger charge is -2.10. The minimum absolute atomic E-state index is 0.203. The number of benzene rings is 1. The fraction of sp³-hybridized carbons (Fsp3) is 0.364. The van der Waals surface area contributed by atoms with Crippen LogP contribution < -0.4 is 0 Å². The zero-order valence-corrected chi connectivity index (χ0v) is 7.61. The minimum atomic E-state index is -0.849. The van der Waals surface area contributed by atoms with Crippen LogP contribution in [0.25, 0.3) is 0 Å². The maximum atomic E-state index is 12.9. The van der Waals surface area contributed by atoms with Gasteiger partial charge in [0.05, 0.1) is 5.92 Å². The zero-order valence-electron chi connectivity index (χ0n) is 7.61. The summed E-state index contributed by atoms with van der Waals surface area (Å²) in [6.07, 6.45) is 1.88. The third-order valence-corrected chi connectivity index (χ3v) is 2.57. The summed E-state index contributed by atoms with van der Waals surface area (Å²) in [6, 6.07) is 5.88. The molecule has 1 aliphatic rings. The van der Waals surface area contributed by atoms with E-state index in [9.17, 15) is 9.18 Å². The molecule has 1 unspecified atom stereocenters. The highest BCUT2D eigenvalue weighted by Gasteiger charge is 2.37. The van der Waals surface area contributed by atoms with Crippen LogP contribution in [0.1, 0.15) is 24.3 Å². The fourth-order valence-electron chi connectivity index (χ4n) is 1.75. The van der Waals surface area contributed by atoms with E-state index in [1.54, 1.807) is 12.1 Å². The Bertz CT molecular complexity index is 358. The molecule has 14 heavy (non-hydrogen) atoms. The molecule has 1 atom stereocenters. The number of rotatable bonds is 3. The van der Waals surface area contributed by atoms with Crippen LogP contribution in [0.4, 0.5) is 4.39 Å². The van der Waals surface area contributed by atoms with Gasteiger partial charge in [-0.15, -0.1) is 0 Å². The van der Waals surface area contributed by atoms with Gasteiger partial charge in [-0.25, -0.2) is 4.39 Å². The molecule has 1 aliphatic carbocycles. The van der Waals surface area contributed by atoms with Gasteiger partial charge >= 0.3 is 5.97 Å². The zero-order chi connectivity index (χ0) is 10.1. The molecule has 1 saturated carbocycles.